The molecule has 1 fully saturated rings. The molecule has 0 saturated heterocycles. The molecule has 0 aliphatic heterocycles. The van der Waals surface area contributed by atoms with Crippen molar-refractivity contribution in [2.75, 3.05) is 13.2 Å². The van der Waals surface area contributed by atoms with Gasteiger partial charge in [-0.25, -0.2) is 0 Å². The van der Waals surface area contributed by atoms with Crippen molar-refractivity contribution in [3.63, 3.8) is 0 Å². The third-order valence-electron chi connectivity index (χ3n) is 3.83. The van der Waals surface area contributed by atoms with Crippen molar-refractivity contribution in [3.8, 4) is 0 Å². The van der Waals surface area contributed by atoms with Crippen LogP contribution in [0.3, 0.4) is 0 Å². The van der Waals surface area contributed by atoms with Gasteiger partial charge < -0.3 is 10.5 Å². The van der Waals surface area contributed by atoms with Crippen molar-refractivity contribution >= 4 is 0 Å². The van der Waals surface area contributed by atoms with Crippen LogP contribution in [0.2, 0.25) is 0 Å². The van der Waals surface area contributed by atoms with Gasteiger partial charge in [0, 0.05) is 6.54 Å². The molecule has 1 aromatic carbocycles. The van der Waals surface area contributed by atoms with E-state index in [9.17, 15) is 0 Å². The van der Waals surface area contributed by atoms with Crippen LogP contribution in [0.25, 0.3) is 0 Å². The first-order valence-corrected chi connectivity index (χ1v) is 6.62. The minimum absolute atomic E-state index is 0.0335. The van der Waals surface area contributed by atoms with Crippen LogP contribution in [0.1, 0.15) is 31.7 Å². The molecule has 2 rings (SSSR count). The summed E-state index contributed by atoms with van der Waals surface area (Å²) in [7, 11) is 0. The van der Waals surface area contributed by atoms with Gasteiger partial charge in [0.05, 0.1) is 12.2 Å². The Kier molecular flexibility index (Phi) is 4.19. The van der Waals surface area contributed by atoms with E-state index in [0.29, 0.717) is 6.54 Å². The number of rotatable bonds is 5. The zero-order valence-electron chi connectivity index (χ0n) is 10.7. The van der Waals surface area contributed by atoms with Gasteiger partial charge in [-0.1, -0.05) is 37.3 Å². The van der Waals surface area contributed by atoms with Crippen LogP contribution in [-0.2, 0) is 11.2 Å². The van der Waals surface area contributed by atoms with E-state index in [-0.39, 0.29) is 5.60 Å². The fourth-order valence-corrected chi connectivity index (χ4v) is 2.75. The molecule has 0 spiro atoms. The lowest BCUT2D eigenvalue weighted by molar-refractivity contribution is -0.0343. The van der Waals surface area contributed by atoms with Gasteiger partial charge in [-0.2, -0.15) is 0 Å². The van der Waals surface area contributed by atoms with Gasteiger partial charge in [0.15, 0.2) is 0 Å². The Bertz CT molecular complexity index is 338. The second-order valence-electron chi connectivity index (χ2n) is 5.32. The summed E-state index contributed by atoms with van der Waals surface area (Å²) < 4.78 is 6.09. The third kappa shape index (κ3) is 3.30. The van der Waals surface area contributed by atoms with Gasteiger partial charge in [0.1, 0.15) is 0 Å². The van der Waals surface area contributed by atoms with Crippen molar-refractivity contribution in [2.45, 2.75) is 38.2 Å². The molecule has 1 saturated carbocycles. The maximum absolute atomic E-state index is 6.09. The van der Waals surface area contributed by atoms with E-state index in [0.717, 1.165) is 31.8 Å². The predicted octanol–water partition coefficient (Wildman–Crippen LogP) is 2.76. The zero-order chi connectivity index (χ0) is 12.1. The van der Waals surface area contributed by atoms with E-state index in [2.05, 4.69) is 31.2 Å². The van der Waals surface area contributed by atoms with Crippen LogP contribution in [0.5, 0.6) is 0 Å². The van der Waals surface area contributed by atoms with Crippen LogP contribution in [-0.4, -0.2) is 18.8 Å². The summed E-state index contributed by atoms with van der Waals surface area (Å²) >= 11 is 0. The molecular formula is C15H23NO. The molecule has 0 amide bonds. The maximum atomic E-state index is 6.09. The summed E-state index contributed by atoms with van der Waals surface area (Å²) in [4.78, 5) is 0. The Balaban J connectivity index is 1.81. The minimum Gasteiger partial charge on any atom is -0.373 e. The van der Waals surface area contributed by atoms with Gasteiger partial charge in [0.25, 0.3) is 0 Å². The summed E-state index contributed by atoms with van der Waals surface area (Å²) in [5, 5.41) is 0. The predicted molar refractivity (Wildman–Crippen MR) is 70.9 cm³/mol. The first-order chi connectivity index (χ1) is 8.24. The molecule has 2 atom stereocenters. The van der Waals surface area contributed by atoms with Crippen LogP contribution in [0, 0.1) is 5.92 Å². The molecule has 0 aromatic heterocycles. The minimum atomic E-state index is -0.0335. The van der Waals surface area contributed by atoms with Crippen LogP contribution < -0.4 is 5.73 Å². The lowest BCUT2D eigenvalue weighted by Gasteiger charge is -2.28. The van der Waals surface area contributed by atoms with Gasteiger partial charge in [-0.15, -0.1) is 0 Å². The summed E-state index contributed by atoms with van der Waals surface area (Å²) in [6.07, 6.45) is 4.48. The average Bonchev–Trinajstić information content (AvgIpc) is 2.73. The standard InChI is InChI=1S/C15H23NO/c1-13-7-9-15(11-13,12-16)17-10-8-14-5-3-2-4-6-14/h2-6,13H,7-12,16H2,1H3. The highest BCUT2D eigenvalue weighted by molar-refractivity contribution is 5.14. The van der Waals surface area contributed by atoms with Crippen molar-refractivity contribution in [2.24, 2.45) is 11.7 Å². The average molecular weight is 233 g/mol. The Morgan fingerprint density at radius 2 is 2.12 bits per heavy atom. The largest absolute Gasteiger partial charge is 0.373 e. The number of benzene rings is 1. The quantitative estimate of drug-likeness (QED) is 0.848. The van der Waals surface area contributed by atoms with Crippen molar-refractivity contribution in [3.05, 3.63) is 35.9 Å². The second kappa shape index (κ2) is 5.65. The fourth-order valence-electron chi connectivity index (χ4n) is 2.75. The molecule has 2 unspecified atom stereocenters. The lowest BCUT2D eigenvalue weighted by Crippen LogP contribution is -2.38. The Hall–Kier alpha value is -0.860. The fraction of sp³-hybridized carbons (Fsp3) is 0.600. The Morgan fingerprint density at radius 3 is 2.71 bits per heavy atom. The van der Waals surface area contributed by atoms with Crippen molar-refractivity contribution in [1.82, 2.24) is 0 Å². The maximum Gasteiger partial charge on any atom is 0.0806 e. The first kappa shape index (κ1) is 12.6. The van der Waals surface area contributed by atoms with Gasteiger partial charge in [0.2, 0.25) is 0 Å². The molecule has 2 nitrogen and oxygen atoms in total. The van der Waals surface area contributed by atoms with Crippen molar-refractivity contribution < 1.29 is 4.74 Å². The summed E-state index contributed by atoms with van der Waals surface area (Å²) in [5.74, 6) is 0.760. The number of ether oxygens (including phenoxy) is 1. The van der Waals surface area contributed by atoms with E-state index in [1.54, 1.807) is 0 Å². The normalized spacial score (nSPS) is 28.5. The Morgan fingerprint density at radius 1 is 1.35 bits per heavy atom. The smallest absolute Gasteiger partial charge is 0.0806 e. The van der Waals surface area contributed by atoms with Crippen LogP contribution >= 0.6 is 0 Å². The number of hydrogen-bond donors (Lipinski definition) is 1. The molecule has 0 heterocycles. The number of hydrogen-bond acceptors (Lipinski definition) is 2. The topological polar surface area (TPSA) is 35.2 Å². The molecule has 1 aliphatic carbocycles. The molecule has 94 valence electrons. The van der Waals surface area contributed by atoms with Crippen molar-refractivity contribution in [1.29, 1.82) is 0 Å². The molecule has 0 bridgehead atoms. The SMILES string of the molecule is CC1CCC(CN)(OCCc2ccccc2)C1. The van der Waals surface area contributed by atoms with E-state index in [4.69, 9.17) is 10.5 Å². The lowest BCUT2D eigenvalue weighted by atomic mass is 10.0. The van der Waals surface area contributed by atoms with Crippen LogP contribution in [0.15, 0.2) is 30.3 Å². The van der Waals surface area contributed by atoms with E-state index in [1.807, 2.05) is 6.07 Å². The Labute approximate surface area is 104 Å². The van der Waals surface area contributed by atoms with Gasteiger partial charge >= 0.3 is 0 Å². The highest BCUT2D eigenvalue weighted by atomic mass is 16.5. The highest BCUT2D eigenvalue weighted by Crippen LogP contribution is 2.36. The molecule has 0 radical (unpaired) electrons. The molecule has 2 heteroatoms. The third-order valence-corrected chi connectivity index (χ3v) is 3.83. The first-order valence-electron chi connectivity index (χ1n) is 6.62. The molecular weight excluding hydrogens is 210 g/mol. The zero-order valence-corrected chi connectivity index (χ0v) is 10.7. The van der Waals surface area contributed by atoms with Crippen LogP contribution in [0.4, 0.5) is 0 Å². The summed E-state index contributed by atoms with van der Waals surface area (Å²) in [5.41, 5.74) is 7.19. The molecule has 1 aromatic rings. The molecule has 2 N–H and O–H groups in total. The second-order valence-corrected chi connectivity index (χ2v) is 5.32. The molecule has 17 heavy (non-hydrogen) atoms. The summed E-state index contributed by atoms with van der Waals surface area (Å²) in [6.45, 7) is 3.73. The van der Waals surface area contributed by atoms with Gasteiger partial charge in [-0.3, -0.25) is 0 Å². The highest BCUT2D eigenvalue weighted by Gasteiger charge is 2.36. The molecule has 1 aliphatic rings. The van der Waals surface area contributed by atoms with Gasteiger partial charge in [-0.05, 0) is 37.2 Å². The van der Waals surface area contributed by atoms with E-state index >= 15 is 0 Å². The van der Waals surface area contributed by atoms with E-state index in [1.165, 1.54) is 12.0 Å². The van der Waals surface area contributed by atoms with E-state index < -0.39 is 0 Å². The number of nitrogens with two attached hydrogens (primary N) is 1. The summed E-state index contributed by atoms with van der Waals surface area (Å²) in [6, 6.07) is 10.5. The monoisotopic (exact) mass is 233 g/mol.